The van der Waals surface area contributed by atoms with Crippen molar-refractivity contribution in [3.8, 4) is 0 Å². The summed E-state index contributed by atoms with van der Waals surface area (Å²) in [5, 5.41) is 3.79. The van der Waals surface area contributed by atoms with Gasteiger partial charge in [0.2, 0.25) is 0 Å². The predicted molar refractivity (Wildman–Crippen MR) is 87.7 cm³/mol. The number of ether oxygens (including phenoxy) is 2. The molecule has 3 heteroatoms. The first kappa shape index (κ1) is 17.2. The molecule has 0 bridgehead atoms. The summed E-state index contributed by atoms with van der Waals surface area (Å²) in [6.07, 6.45) is 11.6. The van der Waals surface area contributed by atoms with Gasteiger partial charge in [0.25, 0.3) is 0 Å². The lowest BCUT2D eigenvalue weighted by atomic mass is 9.79. The summed E-state index contributed by atoms with van der Waals surface area (Å²) in [6.45, 7) is 8.17. The van der Waals surface area contributed by atoms with Crippen molar-refractivity contribution >= 4 is 0 Å². The lowest BCUT2D eigenvalue weighted by Crippen LogP contribution is -2.53. The molecule has 1 aliphatic carbocycles. The van der Waals surface area contributed by atoms with Gasteiger partial charge in [-0.2, -0.15) is 0 Å². The van der Waals surface area contributed by atoms with Crippen LogP contribution in [0.5, 0.6) is 0 Å². The van der Waals surface area contributed by atoms with Gasteiger partial charge in [-0.3, -0.25) is 0 Å². The molecule has 124 valence electrons. The van der Waals surface area contributed by atoms with E-state index in [1.54, 1.807) is 0 Å². The minimum absolute atomic E-state index is 0.0829. The second-order valence-corrected chi connectivity index (χ2v) is 6.81. The molecule has 1 unspecified atom stereocenters. The maximum Gasteiger partial charge on any atom is 0.0834 e. The Balaban J connectivity index is 2.06. The molecule has 1 saturated heterocycles. The monoisotopic (exact) mass is 297 g/mol. The van der Waals surface area contributed by atoms with Crippen LogP contribution in [-0.2, 0) is 9.47 Å². The fourth-order valence-electron chi connectivity index (χ4n) is 4.25. The maximum atomic E-state index is 6.41. The Bertz CT molecular complexity index is 268. The van der Waals surface area contributed by atoms with E-state index in [1.807, 2.05) is 0 Å². The number of hydrogen-bond donors (Lipinski definition) is 1. The van der Waals surface area contributed by atoms with Crippen molar-refractivity contribution < 1.29 is 9.47 Å². The van der Waals surface area contributed by atoms with Crippen molar-refractivity contribution in [3.05, 3.63) is 0 Å². The van der Waals surface area contributed by atoms with Crippen LogP contribution < -0.4 is 5.32 Å². The highest BCUT2D eigenvalue weighted by Gasteiger charge is 2.40. The van der Waals surface area contributed by atoms with E-state index in [-0.39, 0.29) is 5.60 Å². The molecule has 1 atom stereocenters. The topological polar surface area (TPSA) is 30.5 Å². The van der Waals surface area contributed by atoms with Crippen LogP contribution in [-0.4, -0.2) is 38.0 Å². The third-order valence-electron chi connectivity index (χ3n) is 5.38. The van der Waals surface area contributed by atoms with E-state index in [1.165, 1.54) is 57.8 Å². The molecule has 1 N–H and O–H groups in total. The summed E-state index contributed by atoms with van der Waals surface area (Å²) < 4.78 is 11.9. The fraction of sp³-hybridized carbons (Fsp3) is 1.00. The van der Waals surface area contributed by atoms with Crippen LogP contribution in [0.1, 0.15) is 71.6 Å². The van der Waals surface area contributed by atoms with Gasteiger partial charge in [0, 0.05) is 25.9 Å². The molecule has 1 heterocycles. The van der Waals surface area contributed by atoms with Crippen molar-refractivity contribution in [2.24, 2.45) is 5.92 Å². The summed E-state index contributed by atoms with van der Waals surface area (Å²) in [6, 6.07) is 0.517. The number of likely N-dealkylation sites (N-methyl/N-ethyl adjacent to an activating group) is 1. The highest BCUT2D eigenvalue weighted by Crippen LogP contribution is 2.37. The molecule has 0 spiro atoms. The van der Waals surface area contributed by atoms with Crippen LogP contribution in [0.2, 0.25) is 0 Å². The molecular weight excluding hydrogens is 262 g/mol. The van der Waals surface area contributed by atoms with Gasteiger partial charge in [-0.05, 0) is 51.5 Å². The van der Waals surface area contributed by atoms with Crippen LogP contribution in [0.4, 0.5) is 0 Å². The lowest BCUT2D eigenvalue weighted by Gasteiger charge is -2.42. The van der Waals surface area contributed by atoms with Crippen LogP contribution in [0.15, 0.2) is 0 Å². The molecule has 0 aromatic rings. The highest BCUT2D eigenvalue weighted by atomic mass is 16.5. The number of rotatable bonds is 7. The Morgan fingerprint density at radius 2 is 1.76 bits per heavy atom. The van der Waals surface area contributed by atoms with Crippen LogP contribution in [0, 0.1) is 5.92 Å². The van der Waals surface area contributed by atoms with Gasteiger partial charge in [-0.15, -0.1) is 0 Å². The second kappa shape index (κ2) is 9.12. The van der Waals surface area contributed by atoms with Gasteiger partial charge in [-0.25, -0.2) is 0 Å². The maximum absolute atomic E-state index is 6.41. The Hall–Kier alpha value is -0.120. The smallest absolute Gasteiger partial charge is 0.0834 e. The molecule has 1 saturated carbocycles. The normalized spacial score (nSPS) is 25.4. The SMILES string of the molecule is CCNC(CC1CCOCC1)C1(OCC)CCCCCC1. The van der Waals surface area contributed by atoms with Crippen molar-refractivity contribution in [1.82, 2.24) is 5.32 Å². The zero-order chi connectivity index (χ0) is 15.0. The summed E-state index contributed by atoms with van der Waals surface area (Å²) in [4.78, 5) is 0. The highest BCUT2D eigenvalue weighted by molar-refractivity contribution is 4.96. The van der Waals surface area contributed by atoms with Crippen LogP contribution in [0.3, 0.4) is 0 Å². The van der Waals surface area contributed by atoms with Crippen LogP contribution in [0.25, 0.3) is 0 Å². The zero-order valence-corrected chi connectivity index (χ0v) is 14.2. The van der Waals surface area contributed by atoms with E-state index in [9.17, 15) is 0 Å². The van der Waals surface area contributed by atoms with E-state index < -0.39 is 0 Å². The molecular formula is C18H35NO2. The fourth-order valence-corrected chi connectivity index (χ4v) is 4.25. The summed E-state index contributed by atoms with van der Waals surface area (Å²) in [7, 11) is 0. The predicted octanol–water partition coefficient (Wildman–Crippen LogP) is 3.91. The molecule has 3 nitrogen and oxygen atoms in total. The summed E-state index contributed by atoms with van der Waals surface area (Å²) >= 11 is 0. The molecule has 21 heavy (non-hydrogen) atoms. The summed E-state index contributed by atoms with van der Waals surface area (Å²) in [5.74, 6) is 0.809. The average molecular weight is 297 g/mol. The molecule has 0 amide bonds. The average Bonchev–Trinajstić information content (AvgIpc) is 2.75. The lowest BCUT2D eigenvalue weighted by molar-refractivity contribution is -0.0841. The Morgan fingerprint density at radius 1 is 1.10 bits per heavy atom. The molecule has 2 fully saturated rings. The molecule has 0 aromatic carbocycles. The van der Waals surface area contributed by atoms with E-state index in [4.69, 9.17) is 9.47 Å². The van der Waals surface area contributed by atoms with Crippen molar-refractivity contribution in [1.29, 1.82) is 0 Å². The molecule has 2 rings (SSSR count). The zero-order valence-electron chi connectivity index (χ0n) is 14.2. The minimum Gasteiger partial charge on any atom is -0.381 e. The van der Waals surface area contributed by atoms with Gasteiger partial charge in [0.15, 0.2) is 0 Å². The quantitative estimate of drug-likeness (QED) is 0.723. The van der Waals surface area contributed by atoms with Gasteiger partial charge < -0.3 is 14.8 Å². The van der Waals surface area contributed by atoms with Gasteiger partial charge in [0.1, 0.15) is 0 Å². The van der Waals surface area contributed by atoms with Crippen molar-refractivity contribution in [3.63, 3.8) is 0 Å². The van der Waals surface area contributed by atoms with Gasteiger partial charge >= 0.3 is 0 Å². The number of nitrogens with one attached hydrogen (secondary N) is 1. The Morgan fingerprint density at radius 3 is 2.33 bits per heavy atom. The third kappa shape index (κ3) is 4.94. The minimum atomic E-state index is 0.0829. The largest absolute Gasteiger partial charge is 0.381 e. The molecule has 2 aliphatic rings. The van der Waals surface area contributed by atoms with Gasteiger partial charge in [-0.1, -0.05) is 32.6 Å². The van der Waals surface area contributed by atoms with Crippen molar-refractivity contribution in [2.45, 2.75) is 83.3 Å². The standard InChI is InChI=1S/C18H35NO2/c1-3-19-17(15-16-9-13-20-14-10-16)18(21-4-2)11-7-5-6-8-12-18/h16-17,19H,3-15H2,1-2H3. The van der Waals surface area contributed by atoms with E-state index >= 15 is 0 Å². The van der Waals surface area contributed by atoms with Crippen LogP contribution >= 0.6 is 0 Å². The third-order valence-corrected chi connectivity index (χ3v) is 5.38. The first-order valence-corrected chi connectivity index (χ1v) is 9.26. The first-order chi connectivity index (χ1) is 10.3. The Labute approximate surface area is 131 Å². The van der Waals surface area contributed by atoms with Crippen molar-refractivity contribution in [2.75, 3.05) is 26.4 Å². The summed E-state index contributed by atoms with van der Waals surface area (Å²) in [5.41, 5.74) is 0.0829. The molecule has 1 aliphatic heterocycles. The Kier molecular flexibility index (Phi) is 7.48. The molecule has 0 radical (unpaired) electrons. The van der Waals surface area contributed by atoms with E-state index in [0.29, 0.717) is 6.04 Å². The van der Waals surface area contributed by atoms with Gasteiger partial charge in [0.05, 0.1) is 5.60 Å². The van der Waals surface area contributed by atoms with E-state index in [2.05, 4.69) is 19.2 Å². The van der Waals surface area contributed by atoms with E-state index in [0.717, 1.165) is 32.3 Å². The molecule has 0 aromatic heterocycles. The number of hydrogen-bond acceptors (Lipinski definition) is 3. The second-order valence-electron chi connectivity index (χ2n) is 6.81. The first-order valence-electron chi connectivity index (χ1n) is 9.26.